The first-order valence-electron chi connectivity index (χ1n) is 10.3. The van der Waals surface area contributed by atoms with Gasteiger partial charge in [0.05, 0.1) is 12.1 Å². The van der Waals surface area contributed by atoms with Crippen molar-refractivity contribution in [2.75, 3.05) is 13.6 Å². The molecule has 1 atom stereocenters. The van der Waals surface area contributed by atoms with Gasteiger partial charge in [0.15, 0.2) is 0 Å². The fourth-order valence-electron chi connectivity index (χ4n) is 3.16. The van der Waals surface area contributed by atoms with Crippen LogP contribution in [0.3, 0.4) is 0 Å². The van der Waals surface area contributed by atoms with Gasteiger partial charge in [0, 0.05) is 18.7 Å². The molecule has 0 spiro atoms. The van der Waals surface area contributed by atoms with Crippen LogP contribution in [0.4, 0.5) is 13.2 Å². The summed E-state index contributed by atoms with van der Waals surface area (Å²) in [6, 6.07) is 11.7. The maximum Gasteiger partial charge on any atom is 0.416 e. The standard InChI is InChI=1S/C23H25F3N4O3/c1-15(12-27-22(31)18-7-9-19(10-8-18)23(24,25)26)32-20-6-4-5-17(11-20)13-30(3)14-21-16(2)28-33-29-21/h4-11,15H,12-14H2,1-3H3,(H,27,31)/t15-/m1/s1. The lowest BCUT2D eigenvalue weighted by molar-refractivity contribution is -0.137. The van der Waals surface area contributed by atoms with Crippen LogP contribution in [-0.4, -0.2) is 40.8 Å². The van der Waals surface area contributed by atoms with Gasteiger partial charge in [0.1, 0.15) is 23.2 Å². The number of rotatable bonds is 9. The number of carbonyl (C=O) groups is 1. The van der Waals surface area contributed by atoms with Gasteiger partial charge in [0.25, 0.3) is 5.91 Å². The van der Waals surface area contributed by atoms with Crippen molar-refractivity contribution in [1.29, 1.82) is 0 Å². The van der Waals surface area contributed by atoms with Crippen molar-refractivity contribution < 1.29 is 27.3 Å². The van der Waals surface area contributed by atoms with Gasteiger partial charge >= 0.3 is 6.18 Å². The van der Waals surface area contributed by atoms with Crippen LogP contribution in [0.2, 0.25) is 0 Å². The normalized spacial score (nSPS) is 12.6. The highest BCUT2D eigenvalue weighted by Gasteiger charge is 2.30. The van der Waals surface area contributed by atoms with Gasteiger partial charge < -0.3 is 10.1 Å². The Hall–Kier alpha value is -3.40. The SMILES string of the molecule is Cc1nonc1CN(C)Cc1cccc(O[C@H](C)CNC(=O)c2ccc(C(F)(F)F)cc2)c1. The fourth-order valence-corrected chi connectivity index (χ4v) is 3.16. The Labute approximate surface area is 189 Å². The molecule has 3 aromatic rings. The number of halogens is 3. The zero-order valence-electron chi connectivity index (χ0n) is 18.5. The summed E-state index contributed by atoms with van der Waals surface area (Å²) in [4.78, 5) is 14.3. The fraction of sp³-hybridized carbons (Fsp3) is 0.348. The number of carbonyl (C=O) groups excluding carboxylic acids is 1. The van der Waals surface area contributed by atoms with Gasteiger partial charge in [-0.1, -0.05) is 22.4 Å². The van der Waals surface area contributed by atoms with Gasteiger partial charge in [-0.25, -0.2) is 4.63 Å². The van der Waals surface area contributed by atoms with Gasteiger partial charge in [-0.2, -0.15) is 13.2 Å². The Balaban J connectivity index is 1.49. The number of benzene rings is 2. The highest BCUT2D eigenvalue weighted by atomic mass is 19.4. The molecule has 176 valence electrons. The second-order valence-corrected chi connectivity index (χ2v) is 7.83. The molecule has 33 heavy (non-hydrogen) atoms. The molecule has 0 aliphatic heterocycles. The molecular weight excluding hydrogens is 437 g/mol. The summed E-state index contributed by atoms with van der Waals surface area (Å²) < 4.78 is 48.6. The molecule has 3 rings (SSSR count). The molecule has 0 aliphatic rings. The van der Waals surface area contributed by atoms with Gasteiger partial charge in [-0.05, 0) is 62.9 Å². The number of nitrogens with zero attached hydrogens (tertiary/aromatic N) is 3. The summed E-state index contributed by atoms with van der Waals surface area (Å²) in [5, 5.41) is 10.3. The van der Waals surface area contributed by atoms with Crippen molar-refractivity contribution in [3.05, 3.63) is 76.6 Å². The Morgan fingerprint density at radius 1 is 1.15 bits per heavy atom. The average Bonchev–Trinajstić information content (AvgIpc) is 3.16. The van der Waals surface area contributed by atoms with Crippen LogP contribution < -0.4 is 10.1 Å². The van der Waals surface area contributed by atoms with Gasteiger partial charge in [-0.15, -0.1) is 0 Å². The third-order valence-corrected chi connectivity index (χ3v) is 4.88. The topological polar surface area (TPSA) is 80.5 Å². The molecule has 0 fully saturated rings. The molecule has 1 aromatic heterocycles. The van der Waals surface area contributed by atoms with E-state index in [4.69, 9.17) is 9.37 Å². The van der Waals surface area contributed by atoms with Crippen LogP contribution in [0.15, 0.2) is 53.2 Å². The highest BCUT2D eigenvalue weighted by molar-refractivity contribution is 5.94. The second kappa shape index (κ2) is 10.5. The summed E-state index contributed by atoms with van der Waals surface area (Å²) in [5.74, 6) is 0.184. The van der Waals surface area contributed by atoms with Crippen LogP contribution >= 0.6 is 0 Å². The molecule has 1 heterocycles. The zero-order valence-corrected chi connectivity index (χ0v) is 18.5. The predicted molar refractivity (Wildman–Crippen MR) is 115 cm³/mol. The van der Waals surface area contributed by atoms with E-state index in [9.17, 15) is 18.0 Å². The molecule has 2 aromatic carbocycles. The van der Waals surface area contributed by atoms with Crippen LogP contribution in [0.1, 0.15) is 39.8 Å². The van der Waals surface area contributed by atoms with E-state index in [1.54, 1.807) is 6.92 Å². The van der Waals surface area contributed by atoms with E-state index in [0.717, 1.165) is 41.2 Å². The molecule has 0 unspecified atom stereocenters. The summed E-state index contributed by atoms with van der Waals surface area (Å²) in [7, 11) is 1.96. The lowest BCUT2D eigenvalue weighted by atomic mass is 10.1. The lowest BCUT2D eigenvalue weighted by Gasteiger charge is -2.18. The van der Waals surface area contributed by atoms with Crippen LogP contribution in [0.5, 0.6) is 5.75 Å². The molecule has 0 radical (unpaired) electrons. The first-order valence-corrected chi connectivity index (χ1v) is 10.3. The average molecular weight is 462 g/mol. The van der Waals surface area contributed by atoms with Gasteiger partial charge in [-0.3, -0.25) is 9.69 Å². The Kier molecular flexibility index (Phi) is 7.70. The minimum atomic E-state index is -4.44. The monoisotopic (exact) mass is 462 g/mol. The van der Waals surface area contributed by atoms with Crippen LogP contribution in [0.25, 0.3) is 0 Å². The first kappa shape index (κ1) is 24.2. The number of alkyl halides is 3. The lowest BCUT2D eigenvalue weighted by Crippen LogP contribution is -2.33. The molecule has 1 N–H and O–H groups in total. The molecule has 0 aliphatic carbocycles. The first-order chi connectivity index (χ1) is 15.6. The molecular formula is C23H25F3N4O3. The Morgan fingerprint density at radius 2 is 1.88 bits per heavy atom. The maximum atomic E-state index is 12.7. The van der Waals surface area contributed by atoms with Crippen LogP contribution in [-0.2, 0) is 19.3 Å². The Bertz CT molecular complexity index is 1070. The third-order valence-electron chi connectivity index (χ3n) is 4.88. The molecule has 7 nitrogen and oxygen atoms in total. The van der Waals surface area contributed by atoms with Crippen molar-refractivity contribution in [2.45, 2.75) is 39.2 Å². The number of hydrogen-bond acceptors (Lipinski definition) is 6. The summed E-state index contributed by atoms with van der Waals surface area (Å²) >= 11 is 0. The van der Waals surface area contributed by atoms with E-state index in [1.165, 1.54) is 0 Å². The molecule has 1 amide bonds. The second-order valence-electron chi connectivity index (χ2n) is 7.83. The number of ether oxygens (including phenoxy) is 1. The predicted octanol–water partition coefficient (Wildman–Crippen LogP) is 4.23. The van der Waals surface area contributed by atoms with Crippen molar-refractivity contribution in [3.8, 4) is 5.75 Å². The van der Waals surface area contributed by atoms with E-state index in [1.807, 2.05) is 38.2 Å². The van der Waals surface area contributed by atoms with E-state index in [-0.39, 0.29) is 18.2 Å². The molecule has 0 saturated heterocycles. The zero-order chi connectivity index (χ0) is 24.0. The number of aromatic nitrogens is 2. The summed E-state index contributed by atoms with van der Waals surface area (Å²) in [6.45, 7) is 5.08. The van der Waals surface area contributed by atoms with Crippen molar-refractivity contribution in [1.82, 2.24) is 20.5 Å². The van der Waals surface area contributed by atoms with E-state index < -0.39 is 17.6 Å². The summed E-state index contributed by atoms with van der Waals surface area (Å²) in [5.41, 5.74) is 1.92. The highest BCUT2D eigenvalue weighted by Crippen LogP contribution is 2.29. The quantitative estimate of drug-likeness (QED) is 0.513. The minimum absolute atomic E-state index is 0.151. The van der Waals surface area contributed by atoms with Crippen molar-refractivity contribution in [3.63, 3.8) is 0 Å². The van der Waals surface area contributed by atoms with E-state index in [2.05, 4.69) is 20.5 Å². The van der Waals surface area contributed by atoms with Crippen molar-refractivity contribution >= 4 is 5.91 Å². The number of nitrogens with one attached hydrogen (secondary N) is 1. The molecule has 10 heteroatoms. The minimum Gasteiger partial charge on any atom is -0.489 e. The molecule has 0 saturated carbocycles. The van der Waals surface area contributed by atoms with Crippen molar-refractivity contribution in [2.24, 2.45) is 0 Å². The van der Waals surface area contributed by atoms with E-state index in [0.29, 0.717) is 18.8 Å². The summed E-state index contributed by atoms with van der Waals surface area (Å²) in [6.07, 6.45) is -4.78. The third kappa shape index (κ3) is 7.04. The van der Waals surface area contributed by atoms with E-state index >= 15 is 0 Å². The number of hydrogen-bond donors (Lipinski definition) is 1. The largest absolute Gasteiger partial charge is 0.489 e. The van der Waals surface area contributed by atoms with Crippen LogP contribution in [0, 0.1) is 6.92 Å². The Morgan fingerprint density at radius 3 is 2.52 bits per heavy atom. The number of amides is 1. The molecule has 0 bridgehead atoms. The van der Waals surface area contributed by atoms with Gasteiger partial charge in [0.2, 0.25) is 0 Å². The smallest absolute Gasteiger partial charge is 0.416 e. The number of aryl methyl sites for hydroxylation is 1. The maximum absolute atomic E-state index is 12.7.